The molecule has 1 heterocycles. The van der Waals surface area contributed by atoms with Crippen molar-refractivity contribution in [3.8, 4) is 0 Å². The minimum absolute atomic E-state index is 0.710. The van der Waals surface area contributed by atoms with Crippen LogP contribution in [0.3, 0.4) is 0 Å². The van der Waals surface area contributed by atoms with E-state index >= 15 is 0 Å². The Morgan fingerprint density at radius 1 is 1.36 bits per heavy atom. The summed E-state index contributed by atoms with van der Waals surface area (Å²) in [6.45, 7) is 0.811. The van der Waals surface area contributed by atoms with E-state index in [1.165, 1.54) is 24.8 Å². The van der Waals surface area contributed by atoms with Gasteiger partial charge in [-0.1, -0.05) is 6.42 Å². The molecule has 0 saturated heterocycles. The summed E-state index contributed by atoms with van der Waals surface area (Å²) in [6.07, 6.45) is 7.83. The molecular weight excluding hydrogens is 194 g/mol. The van der Waals surface area contributed by atoms with Crippen molar-refractivity contribution in [1.82, 2.24) is 9.97 Å². The molecule has 1 aliphatic rings. The molecule has 1 N–H and O–H groups in total. The summed E-state index contributed by atoms with van der Waals surface area (Å²) in [5, 5.41) is 3.10. The lowest BCUT2D eigenvalue weighted by atomic mass is 9.81. The first-order chi connectivity index (χ1) is 6.90. The quantitative estimate of drug-likeness (QED) is 0.746. The van der Waals surface area contributed by atoms with Gasteiger partial charge in [-0.15, -0.1) is 0 Å². The molecular formula is C10H15N3S. The maximum absolute atomic E-state index is 4.26. The van der Waals surface area contributed by atoms with Crippen molar-refractivity contribution in [2.24, 2.45) is 0 Å². The van der Waals surface area contributed by atoms with E-state index in [1.54, 1.807) is 0 Å². The Bertz CT molecular complexity index is 282. The fraction of sp³-hybridized carbons (Fsp3) is 0.600. The van der Waals surface area contributed by atoms with Crippen LogP contribution in [0.4, 0.5) is 5.95 Å². The Labute approximate surface area is 89.8 Å². The molecule has 0 radical (unpaired) electrons. The lowest BCUT2D eigenvalue weighted by Gasteiger charge is -2.24. The molecule has 1 aliphatic carbocycles. The zero-order chi connectivity index (χ0) is 9.80. The van der Waals surface area contributed by atoms with E-state index in [2.05, 4.69) is 27.9 Å². The van der Waals surface area contributed by atoms with Crippen LogP contribution in [-0.2, 0) is 0 Å². The van der Waals surface area contributed by atoms with E-state index < -0.39 is 0 Å². The summed E-state index contributed by atoms with van der Waals surface area (Å²) in [6, 6.07) is 0. The second-order valence-corrected chi connectivity index (χ2v) is 4.07. The summed E-state index contributed by atoms with van der Waals surface area (Å²) in [5.41, 5.74) is 1.28. The van der Waals surface area contributed by atoms with Crippen LogP contribution in [0, 0.1) is 0 Å². The summed E-state index contributed by atoms with van der Waals surface area (Å²) in [7, 11) is 0. The maximum Gasteiger partial charge on any atom is 0.222 e. The smallest absolute Gasteiger partial charge is 0.222 e. The number of thiol groups is 1. The van der Waals surface area contributed by atoms with Gasteiger partial charge >= 0.3 is 0 Å². The molecule has 1 fully saturated rings. The molecule has 14 heavy (non-hydrogen) atoms. The van der Waals surface area contributed by atoms with E-state index in [0.717, 1.165) is 12.3 Å². The second-order valence-electron chi connectivity index (χ2n) is 3.62. The third-order valence-corrected chi connectivity index (χ3v) is 2.87. The number of nitrogens with zero attached hydrogens (tertiary/aromatic N) is 2. The van der Waals surface area contributed by atoms with Crippen LogP contribution in [0.15, 0.2) is 12.4 Å². The van der Waals surface area contributed by atoms with Gasteiger partial charge in [0, 0.05) is 24.7 Å². The Morgan fingerprint density at radius 2 is 2.07 bits per heavy atom. The zero-order valence-corrected chi connectivity index (χ0v) is 9.00. The topological polar surface area (TPSA) is 37.8 Å². The number of hydrogen-bond acceptors (Lipinski definition) is 4. The van der Waals surface area contributed by atoms with E-state index in [9.17, 15) is 0 Å². The van der Waals surface area contributed by atoms with Crippen LogP contribution < -0.4 is 5.32 Å². The molecule has 76 valence electrons. The van der Waals surface area contributed by atoms with Crippen molar-refractivity contribution in [2.75, 3.05) is 17.6 Å². The SMILES string of the molecule is SCCNc1ncc(C2CCC2)cn1. The summed E-state index contributed by atoms with van der Waals surface area (Å²) in [5.74, 6) is 2.23. The van der Waals surface area contributed by atoms with Gasteiger partial charge in [0.2, 0.25) is 5.95 Å². The first-order valence-electron chi connectivity index (χ1n) is 5.07. The first kappa shape index (κ1) is 9.77. The van der Waals surface area contributed by atoms with Crippen LogP contribution in [0.25, 0.3) is 0 Å². The van der Waals surface area contributed by atoms with Crippen molar-refractivity contribution in [3.63, 3.8) is 0 Å². The molecule has 1 saturated carbocycles. The molecule has 4 heteroatoms. The first-order valence-corrected chi connectivity index (χ1v) is 5.70. The molecule has 0 amide bonds. The van der Waals surface area contributed by atoms with Gasteiger partial charge < -0.3 is 5.32 Å². The van der Waals surface area contributed by atoms with Gasteiger partial charge in [0.05, 0.1) is 0 Å². The lowest BCUT2D eigenvalue weighted by Crippen LogP contribution is -2.11. The number of nitrogens with one attached hydrogen (secondary N) is 1. The Morgan fingerprint density at radius 3 is 2.57 bits per heavy atom. The van der Waals surface area contributed by atoms with Gasteiger partial charge in [0.15, 0.2) is 0 Å². The van der Waals surface area contributed by atoms with Crippen LogP contribution in [0.1, 0.15) is 30.7 Å². The Kier molecular flexibility index (Phi) is 3.24. The second kappa shape index (κ2) is 4.64. The number of rotatable bonds is 4. The largest absolute Gasteiger partial charge is 0.353 e. The molecule has 1 aromatic rings. The molecule has 0 aliphatic heterocycles. The average Bonchev–Trinajstić information content (AvgIpc) is 2.14. The highest BCUT2D eigenvalue weighted by atomic mass is 32.1. The molecule has 1 aromatic heterocycles. The van der Waals surface area contributed by atoms with Crippen molar-refractivity contribution in [3.05, 3.63) is 18.0 Å². The lowest BCUT2D eigenvalue weighted by molar-refractivity contribution is 0.418. The zero-order valence-electron chi connectivity index (χ0n) is 8.11. The molecule has 0 unspecified atom stereocenters. The summed E-state index contributed by atoms with van der Waals surface area (Å²) >= 11 is 4.11. The van der Waals surface area contributed by atoms with Crippen LogP contribution in [-0.4, -0.2) is 22.3 Å². The molecule has 0 atom stereocenters. The standard InChI is InChI=1S/C10H15N3S/c14-5-4-11-10-12-6-9(7-13-10)8-2-1-3-8/h6-8,14H,1-5H2,(H,11,12,13). The fourth-order valence-corrected chi connectivity index (χ4v) is 1.66. The van der Waals surface area contributed by atoms with Crippen molar-refractivity contribution >= 4 is 18.6 Å². The van der Waals surface area contributed by atoms with Gasteiger partial charge in [-0.25, -0.2) is 9.97 Å². The fourth-order valence-electron chi connectivity index (χ4n) is 1.55. The summed E-state index contributed by atoms with van der Waals surface area (Å²) in [4.78, 5) is 8.53. The number of anilines is 1. The molecule has 2 rings (SSSR count). The van der Waals surface area contributed by atoms with Gasteiger partial charge in [-0.2, -0.15) is 12.6 Å². The van der Waals surface area contributed by atoms with Gasteiger partial charge in [0.25, 0.3) is 0 Å². The Balaban J connectivity index is 1.95. The van der Waals surface area contributed by atoms with E-state index in [4.69, 9.17) is 0 Å². The van der Waals surface area contributed by atoms with Crippen LogP contribution in [0.2, 0.25) is 0 Å². The average molecular weight is 209 g/mol. The highest BCUT2D eigenvalue weighted by Crippen LogP contribution is 2.35. The minimum Gasteiger partial charge on any atom is -0.353 e. The predicted octanol–water partition coefficient (Wildman–Crippen LogP) is 2.09. The molecule has 0 spiro atoms. The van der Waals surface area contributed by atoms with Crippen molar-refractivity contribution in [2.45, 2.75) is 25.2 Å². The normalized spacial score (nSPS) is 16.4. The highest BCUT2D eigenvalue weighted by Gasteiger charge is 2.19. The van der Waals surface area contributed by atoms with E-state index in [1.807, 2.05) is 12.4 Å². The molecule has 0 bridgehead atoms. The highest BCUT2D eigenvalue weighted by molar-refractivity contribution is 7.80. The van der Waals surface area contributed by atoms with Crippen molar-refractivity contribution in [1.29, 1.82) is 0 Å². The molecule has 3 nitrogen and oxygen atoms in total. The Hall–Kier alpha value is -0.770. The monoisotopic (exact) mass is 209 g/mol. The number of aromatic nitrogens is 2. The maximum atomic E-state index is 4.26. The van der Waals surface area contributed by atoms with Crippen molar-refractivity contribution < 1.29 is 0 Å². The minimum atomic E-state index is 0.710. The van der Waals surface area contributed by atoms with Crippen LogP contribution >= 0.6 is 12.6 Å². The third-order valence-electron chi connectivity index (χ3n) is 2.64. The van der Waals surface area contributed by atoms with Gasteiger partial charge in [-0.05, 0) is 24.3 Å². The molecule has 0 aromatic carbocycles. The van der Waals surface area contributed by atoms with Gasteiger partial charge in [-0.3, -0.25) is 0 Å². The number of hydrogen-bond donors (Lipinski definition) is 2. The predicted molar refractivity (Wildman–Crippen MR) is 61.0 cm³/mol. The van der Waals surface area contributed by atoms with Crippen LogP contribution in [0.5, 0.6) is 0 Å². The summed E-state index contributed by atoms with van der Waals surface area (Å²) < 4.78 is 0. The van der Waals surface area contributed by atoms with E-state index in [0.29, 0.717) is 11.9 Å². The van der Waals surface area contributed by atoms with E-state index in [-0.39, 0.29) is 0 Å². The van der Waals surface area contributed by atoms with Gasteiger partial charge in [0.1, 0.15) is 0 Å². The third kappa shape index (κ3) is 2.18.